The first-order valence-corrected chi connectivity index (χ1v) is 10.6. The van der Waals surface area contributed by atoms with Crippen LogP contribution in [0.5, 0.6) is 0 Å². The molecule has 5 nitrogen and oxygen atoms in total. The first-order valence-electron chi connectivity index (χ1n) is 7.82. The molecule has 3 rings (SSSR count). The van der Waals surface area contributed by atoms with Crippen LogP contribution in [0.2, 0.25) is 0 Å². The summed E-state index contributed by atoms with van der Waals surface area (Å²) >= 11 is 1.47. The molecule has 0 fully saturated rings. The van der Waals surface area contributed by atoms with Crippen molar-refractivity contribution in [2.75, 3.05) is 6.26 Å². The number of nitrogens with zero attached hydrogens (tertiary/aromatic N) is 1. The van der Waals surface area contributed by atoms with Crippen LogP contribution in [0.3, 0.4) is 0 Å². The van der Waals surface area contributed by atoms with Crippen LogP contribution in [-0.2, 0) is 21.2 Å². The van der Waals surface area contributed by atoms with Gasteiger partial charge in [0.25, 0.3) is 0 Å². The van der Waals surface area contributed by atoms with E-state index >= 15 is 0 Å². The number of carbonyl (C=O) groups excluding carboxylic acids is 1. The molecule has 0 radical (unpaired) electrons. The highest BCUT2D eigenvalue weighted by Crippen LogP contribution is 2.24. The summed E-state index contributed by atoms with van der Waals surface area (Å²) in [5, 5.41) is 2.66. The number of rotatable bonds is 5. The molecule has 1 aromatic heterocycles. The zero-order valence-electron chi connectivity index (χ0n) is 14.3. The molecule has 134 valence electrons. The number of aromatic nitrogens is 1. The van der Waals surface area contributed by atoms with Crippen LogP contribution in [0.4, 0.5) is 0 Å². The van der Waals surface area contributed by atoms with Crippen molar-refractivity contribution in [1.82, 2.24) is 4.98 Å². The van der Waals surface area contributed by atoms with Gasteiger partial charge in [-0.05, 0) is 19.1 Å². The van der Waals surface area contributed by atoms with Gasteiger partial charge in [0.15, 0.2) is 9.84 Å². The number of carbonyl (C=O) groups is 1. The lowest BCUT2D eigenvalue weighted by Gasteiger charge is -2.07. The summed E-state index contributed by atoms with van der Waals surface area (Å²) in [4.78, 5) is 16.7. The van der Waals surface area contributed by atoms with Crippen LogP contribution in [0.15, 0.2) is 58.8 Å². The Kier molecular flexibility index (Phi) is 5.20. The minimum atomic E-state index is -3.51. The third kappa shape index (κ3) is 4.17. The van der Waals surface area contributed by atoms with Crippen molar-refractivity contribution in [3.63, 3.8) is 0 Å². The normalized spacial score (nSPS) is 11.3. The first kappa shape index (κ1) is 18.3. The number of esters is 1. The quantitative estimate of drug-likeness (QED) is 0.621. The predicted octanol–water partition coefficient (Wildman–Crippen LogP) is 3.88. The molecule has 0 saturated carbocycles. The van der Waals surface area contributed by atoms with Gasteiger partial charge in [-0.3, -0.25) is 0 Å². The molecule has 1 heterocycles. The van der Waals surface area contributed by atoms with Crippen LogP contribution in [-0.4, -0.2) is 25.6 Å². The van der Waals surface area contributed by atoms with Crippen LogP contribution >= 0.6 is 11.3 Å². The fourth-order valence-electron chi connectivity index (χ4n) is 2.38. The van der Waals surface area contributed by atoms with E-state index < -0.39 is 15.8 Å². The van der Waals surface area contributed by atoms with E-state index in [0.29, 0.717) is 5.69 Å². The smallest absolute Gasteiger partial charge is 0.339 e. The van der Waals surface area contributed by atoms with E-state index in [2.05, 4.69) is 4.98 Å². The Morgan fingerprint density at radius 2 is 1.81 bits per heavy atom. The zero-order valence-corrected chi connectivity index (χ0v) is 15.9. The third-order valence-corrected chi connectivity index (χ3v) is 5.80. The van der Waals surface area contributed by atoms with Gasteiger partial charge in [0.1, 0.15) is 11.6 Å². The van der Waals surface area contributed by atoms with Crippen molar-refractivity contribution in [2.45, 2.75) is 18.4 Å². The van der Waals surface area contributed by atoms with Crippen molar-refractivity contribution in [2.24, 2.45) is 0 Å². The van der Waals surface area contributed by atoms with Gasteiger partial charge in [-0.2, -0.15) is 0 Å². The van der Waals surface area contributed by atoms with E-state index in [1.54, 1.807) is 12.1 Å². The summed E-state index contributed by atoms with van der Waals surface area (Å²) in [5.74, 6) is -0.684. The Hall–Kier alpha value is -2.51. The summed E-state index contributed by atoms with van der Waals surface area (Å²) < 4.78 is 28.9. The highest BCUT2D eigenvalue weighted by molar-refractivity contribution is 7.90. The van der Waals surface area contributed by atoms with Crippen molar-refractivity contribution in [3.05, 3.63) is 70.7 Å². The van der Waals surface area contributed by atoms with Crippen LogP contribution in [0, 0.1) is 6.92 Å². The van der Waals surface area contributed by atoms with Gasteiger partial charge < -0.3 is 4.74 Å². The van der Waals surface area contributed by atoms with Crippen molar-refractivity contribution in [3.8, 4) is 10.6 Å². The molecule has 2 aromatic carbocycles. The fourth-order valence-corrected chi connectivity index (χ4v) is 4.06. The molecule has 0 aliphatic carbocycles. The van der Waals surface area contributed by atoms with Gasteiger partial charge in [0.2, 0.25) is 0 Å². The molecule has 26 heavy (non-hydrogen) atoms. The molecule has 0 bridgehead atoms. The average molecular weight is 387 g/mol. The molecule has 7 heteroatoms. The van der Waals surface area contributed by atoms with Crippen molar-refractivity contribution in [1.29, 1.82) is 0 Å². The Bertz CT molecular complexity index is 1040. The minimum absolute atomic E-state index is 0.0146. The average Bonchev–Trinajstić information content (AvgIpc) is 3.08. The van der Waals surface area contributed by atoms with Crippen molar-refractivity contribution < 1.29 is 17.9 Å². The lowest BCUT2D eigenvalue weighted by molar-refractivity contribution is 0.0464. The molecule has 0 aliphatic rings. The summed E-state index contributed by atoms with van der Waals surface area (Å²) in [7, 11) is -3.51. The molecule has 3 aromatic rings. The number of sulfone groups is 1. The Morgan fingerprint density at radius 1 is 1.12 bits per heavy atom. The monoisotopic (exact) mass is 387 g/mol. The molecule has 0 N–H and O–H groups in total. The van der Waals surface area contributed by atoms with Crippen molar-refractivity contribution >= 4 is 27.1 Å². The molecule has 0 aliphatic heterocycles. The molecular formula is C19H17NO4S2. The minimum Gasteiger partial charge on any atom is -0.456 e. The third-order valence-electron chi connectivity index (χ3n) is 3.71. The second kappa shape index (κ2) is 7.39. The number of hydrogen-bond donors (Lipinski definition) is 0. The molecule has 0 unspecified atom stereocenters. The van der Waals surface area contributed by atoms with E-state index in [1.807, 2.05) is 36.6 Å². The maximum atomic E-state index is 12.3. The topological polar surface area (TPSA) is 73.3 Å². The molecule has 0 spiro atoms. The number of thiazole rings is 1. The standard InChI is InChI=1S/C19H17NO4S2/c1-13-7-9-14(10-8-13)18-20-15(12-25-18)11-24-19(21)16-5-3-4-6-17(16)26(2,22)23/h3-10,12H,11H2,1-2H3. The highest BCUT2D eigenvalue weighted by atomic mass is 32.2. The largest absolute Gasteiger partial charge is 0.456 e. The summed E-state index contributed by atoms with van der Waals surface area (Å²) in [6.07, 6.45) is 1.06. The molecular weight excluding hydrogens is 370 g/mol. The number of hydrogen-bond acceptors (Lipinski definition) is 6. The highest BCUT2D eigenvalue weighted by Gasteiger charge is 2.19. The first-order chi connectivity index (χ1) is 12.3. The Morgan fingerprint density at radius 3 is 2.50 bits per heavy atom. The van der Waals surface area contributed by atoms with E-state index in [1.165, 1.54) is 29.0 Å². The molecule has 0 saturated heterocycles. The Labute approximate surface area is 156 Å². The van der Waals surface area contributed by atoms with E-state index in [9.17, 15) is 13.2 Å². The number of benzene rings is 2. The van der Waals surface area contributed by atoms with E-state index in [-0.39, 0.29) is 17.1 Å². The number of ether oxygens (including phenoxy) is 1. The Balaban J connectivity index is 1.72. The van der Waals surface area contributed by atoms with E-state index in [4.69, 9.17) is 4.74 Å². The van der Waals surface area contributed by atoms with E-state index in [0.717, 1.165) is 16.8 Å². The summed E-state index contributed by atoms with van der Waals surface area (Å²) in [6, 6.07) is 14.0. The zero-order chi connectivity index (χ0) is 18.7. The maximum Gasteiger partial charge on any atom is 0.339 e. The van der Waals surface area contributed by atoms with Gasteiger partial charge in [-0.1, -0.05) is 42.0 Å². The van der Waals surface area contributed by atoms with Crippen LogP contribution in [0.1, 0.15) is 21.6 Å². The van der Waals surface area contributed by atoms with Crippen LogP contribution < -0.4 is 0 Å². The lowest BCUT2D eigenvalue weighted by atomic mass is 10.2. The molecule has 0 amide bonds. The SMILES string of the molecule is Cc1ccc(-c2nc(COC(=O)c3ccccc3S(C)(=O)=O)cs2)cc1. The van der Waals surface area contributed by atoms with Gasteiger partial charge >= 0.3 is 5.97 Å². The summed E-state index contributed by atoms with van der Waals surface area (Å²) in [5.41, 5.74) is 2.82. The van der Waals surface area contributed by atoms with Gasteiger partial charge in [-0.25, -0.2) is 18.2 Å². The fraction of sp³-hybridized carbons (Fsp3) is 0.158. The van der Waals surface area contributed by atoms with Crippen LogP contribution in [0.25, 0.3) is 10.6 Å². The maximum absolute atomic E-state index is 12.3. The van der Waals surface area contributed by atoms with Gasteiger partial charge in [0.05, 0.1) is 16.2 Å². The lowest BCUT2D eigenvalue weighted by Crippen LogP contribution is -2.11. The second-order valence-electron chi connectivity index (χ2n) is 5.85. The second-order valence-corrected chi connectivity index (χ2v) is 8.70. The van der Waals surface area contributed by atoms with Gasteiger partial charge in [0, 0.05) is 17.2 Å². The number of aryl methyl sites for hydroxylation is 1. The predicted molar refractivity (Wildman–Crippen MR) is 101 cm³/mol. The molecule has 0 atom stereocenters. The summed E-state index contributed by atoms with van der Waals surface area (Å²) in [6.45, 7) is 2.00. The van der Waals surface area contributed by atoms with Gasteiger partial charge in [-0.15, -0.1) is 11.3 Å².